The molecule has 0 amide bonds. The van der Waals surface area contributed by atoms with Gasteiger partial charge in [0.25, 0.3) is 0 Å². The van der Waals surface area contributed by atoms with Gasteiger partial charge in [-0.1, -0.05) is 12.8 Å². The second-order valence-electron chi connectivity index (χ2n) is 5.23. The van der Waals surface area contributed by atoms with Gasteiger partial charge in [0.1, 0.15) is 0 Å². The zero-order chi connectivity index (χ0) is 11.8. The SMILES string of the molecule is C=C(CN1C[C@H]2CCCC[C@H]2C1)[B-](F)(F)F.[K+]. The van der Waals surface area contributed by atoms with Crippen LogP contribution in [0.15, 0.2) is 12.1 Å². The molecule has 1 aliphatic carbocycles. The molecule has 0 bridgehead atoms. The van der Waals surface area contributed by atoms with E-state index in [1.165, 1.54) is 25.7 Å². The molecule has 2 atom stereocenters. The third kappa shape index (κ3) is 4.35. The maximum Gasteiger partial charge on any atom is 1.00 e. The zero-order valence-corrected chi connectivity index (χ0v) is 13.6. The predicted molar refractivity (Wildman–Crippen MR) is 60.1 cm³/mol. The van der Waals surface area contributed by atoms with Crippen LogP contribution in [0, 0.1) is 11.8 Å². The maximum atomic E-state index is 12.4. The molecule has 1 saturated carbocycles. The Morgan fingerprint density at radius 1 is 1.12 bits per heavy atom. The van der Waals surface area contributed by atoms with Crippen molar-refractivity contribution in [3.05, 3.63) is 12.1 Å². The number of fused-ring (bicyclic) bond motifs is 1. The van der Waals surface area contributed by atoms with Crippen LogP contribution in [0.4, 0.5) is 12.9 Å². The van der Waals surface area contributed by atoms with Crippen LogP contribution in [0.1, 0.15) is 25.7 Å². The summed E-state index contributed by atoms with van der Waals surface area (Å²) >= 11 is 0. The third-order valence-corrected chi connectivity index (χ3v) is 3.94. The molecule has 0 aromatic carbocycles. The summed E-state index contributed by atoms with van der Waals surface area (Å²) in [7, 11) is 0. The molecular formula is C11H18BF3KN. The minimum absolute atomic E-state index is 0. The summed E-state index contributed by atoms with van der Waals surface area (Å²) in [5.41, 5.74) is -0.543. The van der Waals surface area contributed by atoms with Crippen LogP contribution in [-0.4, -0.2) is 31.5 Å². The predicted octanol–water partition coefficient (Wildman–Crippen LogP) is 0.0552. The Morgan fingerprint density at radius 2 is 1.59 bits per heavy atom. The first-order chi connectivity index (χ1) is 7.47. The molecule has 0 aromatic rings. The molecule has 2 rings (SSSR count). The van der Waals surface area contributed by atoms with Gasteiger partial charge in [-0.2, -0.15) is 0 Å². The van der Waals surface area contributed by atoms with E-state index >= 15 is 0 Å². The van der Waals surface area contributed by atoms with Crippen molar-refractivity contribution in [1.82, 2.24) is 4.90 Å². The van der Waals surface area contributed by atoms with Crippen LogP contribution < -0.4 is 51.4 Å². The first-order valence-electron chi connectivity index (χ1n) is 6.07. The summed E-state index contributed by atoms with van der Waals surface area (Å²) < 4.78 is 37.2. The fourth-order valence-corrected chi connectivity index (χ4v) is 3.02. The molecule has 1 heterocycles. The van der Waals surface area contributed by atoms with E-state index in [0.717, 1.165) is 13.1 Å². The molecular weight excluding hydrogens is 253 g/mol. The van der Waals surface area contributed by atoms with Gasteiger partial charge < -0.3 is 17.8 Å². The van der Waals surface area contributed by atoms with Crippen LogP contribution in [0.2, 0.25) is 0 Å². The number of hydrogen-bond donors (Lipinski definition) is 0. The van der Waals surface area contributed by atoms with Crippen molar-refractivity contribution in [2.45, 2.75) is 25.7 Å². The Balaban J connectivity index is 0.00000144. The fraction of sp³-hybridized carbons (Fsp3) is 0.818. The van der Waals surface area contributed by atoms with E-state index in [2.05, 4.69) is 6.58 Å². The largest absolute Gasteiger partial charge is 1.00 e. The first-order valence-corrected chi connectivity index (χ1v) is 6.07. The Morgan fingerprint density at radius 3 is 2.00 bits per heavy atom. The zero-order valence-electron chi connectivity index (χ0n) is 10.5. The van der Waals surface area contributed by atoms with Gasteiger partial charge in [-0.25, -0.2) is 0 Å². The third-order valence-electron chi connectivity index (χ3n) is 3.94. The van der Waals surface area contributed by atoms with Crippen molar-refractivity contribution in [2.75, 3.05) is 19.6 Å². The Bertz CT molecular complexity index is 268. The quantitative estimate of drug-likeness (QED) is 0.656. The number of nitrogens with zero attached hydrogens (tertiary/aromatic N) is 1. The van der Waals surface area contributed by atoms with E-state index < -0.39 is 12.4 Å². The number of hydrogen-bond acceptors (Lipinski definition) is 1. The molecule has 2 fully saturated rings. The topological polar surface area (TPSA) is 3.24 Å². The molecule has 0 spiro atoms. The normalized spacial score (nSPS) is 29.6. The second kappa shape index (κ2) is 6.57. The summed E-state index contributed by atoms with van der Waals surface area (Å²) in [4.78, 5) is 1.94. The van der Waals surface area contributed by atoms with Gasteiger partial charge in [0, 0.05) is 13.1 Å². The molecule has 1 saturated heterocycles. The van der Waals surface area contributed by atoms with E-state index in [1.54, 1.807) is 0 Å². The molecule has 0 radical (unpaired) electrons. The van der Waals surface area contributed by atoms with Crippen molar-refractivity contribution in [3.63, 3.8) is 0 Å². The first kappa shape index (κ1) is 16.2. The van der Waals surface area contributed by atoms with E-state index in [0.29, 0.717) is 11.8 Å². The Hall–Kier alpha value is 1.19. The average Bonchev–Trinajstić information content (AvgIpc) is 2.58. The molecule has 1 nitrogen and oxygen atoms in total. The van der Waals surface area contributed by atoms with Gasteiger partial charge in [-0.05, 0) is 31.2 Å². The molecule has 17 heavy (non-hydrogen) atoms. The Kier molecular flexibility index (Phi) is 6.28. The molecule has 2 aliphatic rings. The van der Waals surface area contributed by atoms with Crippen LogP contribution in [-0.2, 0) is 0 Å². The average molecular weight is 271 g/mol. The summed E-state index contributed by atoms with van der Waals surface area (Å²) in [5.74, 6) is 1.28. The van der Waals surface area contributed by atoms with Gasteiger partial charge in [0.15, 0.2) is 0 Å². The smallest absolute Gasteiger partial charge is 0.445 e. The molecule has 0 unspecified atom stereocenters. The summed E-state index contributed by atoms with van der Waals surface area (Å²) in [6.45, 7) is 0.0269. The van der Waals surface area contributed by atoms with Crippen molar-refractivity contribution in [1.29, 1.82) is 0 Å². The van der Waals surface area contributed by atoms with Crippen LogP contribution in [0.5, 0.6) is 0 Å². The minimum Gasteiger partial charge on any atom is -0.445 e. The van der Waals surface area contributed by atoms with Gasteiger partial charge >= 0.3 is 58.4 Å². The van der Waals surface area contributed by atoms with E-state index in [4.69, 9.17) is 0 Å². The van der Waals surface area contributed by atoms with Gasteiger partial charge in [-0.3, -0.25) is 0 Å². The number of halogens is 3. The van der Waals surface area contributed by atoms with Gasteiger partial charge in [0.05, 0.1) is 0 Å². The van der Waals surface area contributed by atoms with Gasteiger partial charge in [0.2, 0.25) is 0 Å². The standard InChI is InChI=1S/C11H18BF3N.K/c1-9(12(13,14)15)6-16-7-10-4-2-3-5-11(10)8-16;/h10-11H,1-8H2;/q-1;+1/t10-,11+;. The van der Waals surface area contributed by atoms with Crippen molar-refractivity contribution in [2.24, 2.45) is 11.8 Å². The van der Waals surface area contributed by atoms with E-state index in [-0.39, 0.29) is 57.9 Å². The second-order valence-corrected chi connectivity index (χ2v) is 5.23. The summed E-state index contributed by atoms with van der Waals surface area (Å²) in [5, 5.41) is 0. The monoisotopic (exact) mass is 271 g/mol. The molecule has 6 heteroatoms. The number of likely N-dealkylation sites (tertiary alicyclic amines) is 1. The summed E-state index contributed by atoms with van der Waals surface area (Å²) in [6, 6.07) is 0. The van der Waals surface area contributed by atoms with E-state index in [9.17, 15) is 12.9 Å². The van der Waals surface area contributed by atoms with Crippen LogP contribution >= 0.6 is 0 Å². The molecule has 0 aromatic heterocycles. The number of rotatable bonds is 3. The Labute approximate surface area is 144 Å². The van der Waals surface area contributed by atoms with Crippen LogP contribution in [0.25, 0.3) is 0 Å². The van der Waals surface area contributed by atoms with Crippen molar-refractivity contribution < 1.29 is 64.3 Å². The van der Waals surface area contributed by atoms with Crippen molar-refractivity contribution >= 4 is 6.98 Å². The minimum atomic E-state index is -4.85. The molecule has 1 aliphatic heterocycles. The van der Waals surface area contributed by atoms with Crippen molar-refractivity contribution in [3.8, 4) is 0 Å². The molecule has 92 valence electrons. The van der Waals surface area contributed by atoms with Gasteiger partial charge in [-0.15, -0.1) is 12.1 Å². The van der Waals surface area contributed by atoms with Crippen LogP contribution in [0.3, 0.4) is 0 Å². The van der Waals surface area contributed by atoms with E-state index in [1.807, 2.05) is 4.90 Å². The summed E-state index contributed by atoms with van der Waals surface area (Å²) in [6.07, 6.45) is 4.90. The maximum absolute atomic E-state index is 12.4. The molecule has 0 N–H and O–H groups in total. The fourth-order valence-electron chi connectivity index (χ4n) is 3.02.